The summed E-state index contributed by atoms with van der Waals surface area (Å²) in [5, 5.41) is 0. The minimum Gasteiger partial charge on any atom is -0.255 e. The first-order valence-electron chi connectivity index (χ1n) is 3.03. The van der Waals surface area contributed by atoms with E-state index in [0.29, 0.717) is 7.18 Å². The molecule has 72 valence electrons. The van der Waals surface area contributed by atoms with E-state index in [9.17, 15) is 17.6 Å². The van der Waals surface area contributed by atoms with Crippen molar-refractivity contribution in [3.63, 3.8) is 0 Å². The SMILES string of the molecule is CC(C)(C)CF.CF.FCF. The molecular weight excluding hydrogens is 160 g/mol. The van der Waals surface area contributed by atoms with Gasteiger partial charge >= 0.3 is 0 Å². The fourth-order valence-corrected chi connectivity index (χ4v) is 0. The molecule has 0 fully saturated rings. The van der Waals surface area contributed by atoms with Crippen LogP contribution < -0.4 is 0 Å². The van der Waals surface area contributed by atoms with Gasteiger partial charge in [0.25, 0.3) is 0 Å². The van der Waals surface area contributed by atoms with Gasteiger partial charge in [-0.05, 0) is 5.41 Å². The highest BCUT2D eigenvalue weighted by molar-refractivity contribution is 4.56. The molecule has 0 heterocycles. The van der Waals surface area contributed by atoms with Gasteiger partial charge in [-0.15, -0.1) is 0 Å². The third-order valence-electron chi connectivity index (χ3n) is 0.401. The van der Waals surface area contributed by atoms with Gasteiger partial charge in [-0.1, -0.05) is 20.8 Å². The third kappa shape index (κ3) is 78.3. The van der Waals surface area contributed by atoms with Crippen LogP contribution in [0.2, 0.25) is 0 Å². The van der Waals surface area contributed by atoms with E-state index in [1.165, 1.54) is 0 Å². The fraction of sp³-hybridized carbons (Fsp3) is 1.00. The largest absolute Gasteiger partial charge is 0.255 e. The molecule has 0 radical (unpaired) electrons. The highest BCUT2D eigenvalue weighted by atomic mass is 19.3. The first-order chi connectivity index (χ1) is 4.97. The highest BCUT2D eigenvalue weighted by Gasteiger charge is 2.06. The molecule has 0 aliphatic carbocycles. The van der Waals surface area contributed by atoms with Crippen molar-refractivity contribution in [3.8, 4) is 0 Å². The summed E-state index contributed by atoms with van der Waals surface area (Å²) in [6.07, 6.45) is 0. The maximum atomic E-state index is 11.5. The van der Waals surface area contributed by atoms with E-state index in [1.54, 1.807) is 0 Å². The van der Waals surface area contributed by atoms with Gasteiger partial charge in [0.1, 0.15) is 0 Å². The lowest BCUT2D eigenvalue weighted by Gasteiger charge is -2.09. The summed E-state index contributed by atoms with van der Waals surface area (Å²) in [4.78, 5) is 0. The van der Waals surface area contributed by atoms with Gasteiger partial charge < -0.3 is 0 Å². The summed E-state index contributed by atoms with van der Waals surface area (Å²) in [5.41, 5.74) is -0.125. The van der Waals surface area contributed by atoms with Crippen molar-refractivity contribution in [1.82, 2.24) is 0 Å². The van der Waals surface area contributed by atoms with Crippen LogP contribution in [0, 0.1) is 5.41 Å². The zero-order chi connectivity index (χ0) is 9.91. The summed E-state index contributed by atoms with van der Waals surface area (Å²) in [7, 11) is 0.500. The van der Waals surface area contributed by atoms with Crippen LogP contribution in [0.15, 0.2) is 0 Å². The minimum atomic E-state index is -1.75. The van der Waals surface area contributed by atoms with Crippen molar-refractivity contribution < 1.29 is 17.6 Å². The molecule has 4 heteroatoms. The van der Waals surface area contributed by atoms with Gasteiger partial charge in [-0.2, -0.15) is 0 Å². The van der Waals surface area contributed by atoms with Gasteiger partial charge in [0.15, 0.2) is 0 Å². The Morgan fingerprint density at radius 3 is 1.00 bits per heavy atom. The molecule has 0 unspecified atom stereocenters. The summed E-state index contributed by atoms with van der Waals surface area (Å²) in [6, 6.07) is 0. The zero-order valence-electron chi connectivity index (χ0n) is 7.43. The van der Waals surface area contributed by atoms with Crippen molar-refractivity contribution in [3.05, 3.63) is 0 Å². The number of halogens is 4. The van der Waals surface area contributed by atoms with Crippen LogP contribution in [0.1, 0.15) is 20.8 Å². The van der Waals surface area contributed by atoms with E-state index in [1.807, 2.05) is 20.8 Å². The van der Waals surface area contributed by atoms with Crippen LogP contribution in [0.3, 0.4) is 0 Å². The number of hydrogen-bond donors (Lipinski definition) is 0. The van der Waals surface area contributed by atoms with E-state index in [4.69, 9.17) is 0 Å². The summed E-state index contributed by atoms with van der Waals surface area (Å²) in [6.45, 7) is 3.62. The molecule has 0 rings (SSSR count). The molecule has 11 heavy (non-hydrogen) atoms. The Hall–Kier alpha value is -0.280. The lowest BCUT2D eigenvalue weighted by molar-refractivity contribution is 0.285. The second kappa shape index (κ2) is 12.4. The second-order valence-electron chi connectivity index (χ2n) is 2.80. The van der Waals surface area contributed by atoms with Crippen LogP contribution in [-0.2, 0) is 0 Å². The van der Waals surface area contributed by atoms with Crippen LogP contribution in [0.25, 0.3) is 0 Å². The second-order valence-corrected chi connectivity index (χ2v) is 2.80. The predicted molar refractivity (Wildman–Crippen MR) is 39.5 cm³/mol. The van der Waals surface area contributed by atoms with Crippen molar-refractivity contribution in [2.45, 2.75) is 20.8 Å². The maximum absolute atomic E-state index is 11.5. The molecule has 0 bridgehead atoms. The Labute approximate surface area is 65.6 Å². The molecule has 0 N–H and O–H groups in total. The van der Waals surface area contributed by atoms with Crippen LogP contribution in [-0.4, -0.2) is 20.8 Å². The quantitative estimate of drug-likeness (QED) is 0.496. The molecule has 0 saturated heterocycles. The maximum Gasteiger partial charge on any atom is 0.229 e. The van der Waals surface area contributed by atoms with Crippen LogP contribution in [0.5, 0.6) is 0 Å². The lowest BCUT2D eigenvalue weighted by Crippen LogP contribution is -2.05. The molecule has 0 amide bonds. The van der Waals surface area contributed by atoms with Gasteiger partial charge in [-0.3, -0.25) is 8.78 Å². The topological polar surface area (TPSA) is 0 Å². The molecule has 0 spiro atoms. The summed E-state index contributed by atoms with van der Waals surface area (Å²) < 4.78 is 40.2. The lowest BCUT2D eigenvalue weighted by atomic mass is 10.00. The molecular formula is C7H16F4. The zero-order valence-corrected chi connectivity index (χ0v) is 7.43. The van der Waals surface area contributed by atoms with Crippen molar-refractivity contribution in [1.29, 1.82) is 0 Å². The van der Waals surface area contributed by atoms with E-state index in [-0.39, 0.29) is 12.1 Å². The molecule has 0 aromatic rings. The minimum absolute atomic E-state index is 0.125. The molecule has 0 aromatic carbocycles. The molecule has 0 aromatic heterocycles. The predicted octanol–water partition coefficient (Wildman–Crippen LogP) is 3.47. The molecule has 0 atom stereocenters. The average molecular weight is 176 g/mol. The smallest absolute Gasteiger partial charge is 0.229 e. The average Bonchev–Trinajstić information content (AvgIpc) is 1.93. The van der Waals surface area contributed by atoms with E-state index in [2.05, 4.69) is 0 Å². The number of alkyl halides is 4. The third-order valence-corrected chi connectivity index (χ3v) is 0.401. The number of rotatable bonds is 0. The highest BCUT2D eigenvalue weighted by Crippen LogP contribution is 2.11. The Kier molecular flexibility index (Phi) is 19.2. The Morgan fingerprint density at radius 1 is 0.909 bits per heavy atom. The van der Waals surface area contributed by atoms with E-state index >= 15 is 0 Å². The Morgan fingerprint density at radius 2 is 1.00 bits per heavy atom. The first-order valence-corrected chi connectivity index (χ1v) is 3.03. The van der Waals surface area contributed by atoms with Crippen molar-refractivity contribution >= 4 is 0 Å². The Bertz CT molecular complexity index is 48.9. The van der Waals surface area contributed by atoms with Crippen molar-refractivity contribution in [2.75, 3.05) is 20.8 Å². The normalized spacial score (nSPS) is 8.73. The molecule has 0 aliphatic rings. The standard InChI is InChI=1S/C5H11F.CH2F2.CH3F/c1-5(2,3)4-6;2-1-3;1-2/h4H2,1-3H3;1H2;1H3. The van der Waals surface area contributed by atoms with E-state index < -0.39 is 6.93 Å². The van der Waals surface area contributed by atoms with Gasteiger partial charge in [-0.25, -0.2) is 8.78 Å². The fourth-order valence-electron chi connectivity index (χ4n) is 0. The van der Waals surface area contributed by atoms with E-state index in [0.717, 1.165) is 0 Å². The van der Waals surface area contributed by atoms with Crippen LogP contribution in [0.4, 0.5) is 17.6 Å². The first kappa shape index (κ1) is 17.0. The Balaban J connectivity index is -0.000000109. The van der Waals surface area contributed by atoms with Crippen LogP contribution >= 0.6 is 0 Å². The van der Waals surface area contributed by atoms with Crippen molar-refractivity contribution in [2.24, 2.45) is 5.41 Å². The summed E-state index contributed by atoms with van der Waals surface area (Å²) in [5.74, 6) is 0. The van der Waals surface area contributed by atoms with Gasteiger partial charge in [0, 0.05) is 0 Å². The molecule has 0 saturated carbocycles. The van der Waals surface area contributed by atoms with Gasteiger partial charge in [0.2, 0.25) is 6.93 Å². The summed E-state index contributed by atoms with van der Waals surface area (Å²) >= 11 is 0. The molecule has 0 nitrogen and oxygen atoms in total. The monoisotopic (exact) mass is 176 g/mol. The molecule has 0 aliphatic heterocycles. The van der Waals surface area contributed by atoms with Gasteiger partial charge in [0.05, 0.1) is 13.9 Å². The number of hydrogen-bond acceptors (Lipinski definition) is 0.